The average molecular weight is 292 g/mol. The molecule has 0 aliphatic heterocycles. The summed E-state index contributed by atoms with van der Waals surface area (Å²) in [6.07, 6.45) is 4.11. The number of hydrogen-bond acceptors (Lipinski definition) is 1. The van der Waals surface area contributed by atoms with Crippen molar-refractivity contribution < 1.29 is 56.2 Å². The maximum atomic E-state index is 10.1. The Kier molecular flexibility index (Phi) is 15.1. The zero-order chi connectivity index (χ0) is 13.3. The van der Waals surface area contributed by atoms with Crippen molar-refractivity contribution in [3.63, 3.8) is 0 Å². The van der Waals surface area contributed by atoms with E-state index in [9.17, 15) is 4.79 Å². The van der Waals surface area contributed by atoms with Crippen molar-refractivity contribution in [2.24, 2.45) is 5.92 Å². The minimum atomic E-state index is 0. The predicted molar refractivity (Wildman–Crippen MR) is 75.0 cm³/mol. The summed E-state index contributed by atoms with van der Waals surface area (Å²) < 4.78 is 0. The van der Waals surface area contributed by atoms with Gasteiger partial charge in [0.2, 0.25) is 0 Å². The normalized spacial score (nSPS) is 10.7. The maximum Gasteiger partial charge on any atom is 1.00 e. The number of rotatable bonds is 5. The molecule has 1 rings (SSSR count). The molecule has 0 fully saturated rings. The van der Waals surface area contributed by atoms with Crippen LogP contribution in [-0.4, -0.2) is 6.29 Å². The maximum absolute atomic E-state index is 10.1. The number of benzene rings is 1. The number of aryl methyl sites for hydroxylation is 2. The van der Waals surface area contributed by atoms with Crippen molar-refractivity contribution in [1.29, 1.82) is 0 Å². The predicted octanol–water partition coefficient (Wildman–Crippen LogP) is 1.56. The van der Waals surface area contributed by atoms with Crippen LogP contribution in [0.2, 0.25) is 5.02 Å². The second-order valence-corrected chi connectivity index (χ2v) is 4.24. The third-order valence-electron chi connectivity index (χ3n) is 2.45. The fourth-order valence-electron chi connectivity index (χ4n) is 1.38. The van der Waals surface area contributed by atoms with Gasteiger partial charge in [-0.05, 0) is 30.5 Å². The van der Waals surface area contributed by atoms with Gasteiger partial charge < -0.3 is 11.7 Å². The van der Waals surface area contributed by atoms with Crippen LogP contribution in [0.3, 0.4) is 0 Å². The molecule has 1 nitrogen and oxygen atoms in total. The van der Waals surface area contributed by atoms with E-state index in [4.69, 9.17) is 11.6 Å². The van der Waals surface area contributed by atoms with Crippen LogP contribution in [0, 0.1) is 19.8 Å². The minimum absolute atomic E-state index is 0. The largest absolute Gasteiger partial charge is 1.00 e. The van der Waals surface area contributed by atoms with E-state index in [-0.39, 0.29) is 57.3 Å². The Balaban J connectivity index is 0. The molecule has 0 saturated heterocycles. The first-order valence-corrected chi connectivity index (χ1v) is 6.44. The molecule has 1 aromatic rings. The van der Waals surface area contributed by atoms with Gasteiger partial charge in [-0.15, -0.1) is 0 Å². The zero-order valence-electron chi connectivity index (χ0n) is 11.9. The molecule has 0 N–H and O–H groups in total. The molecule has 0 radical (unpaired) electrons. The molecular formula is C15H21ClKO-. The van der Waals surface area contributed by atoms with E-state index in [0.29, 0.717) is 6.42 Å². The topological polar surface area (TPSA) is 17.1 Å². The van der Waals surface area contributed by atoms with Gasteiger partial charge in [-0.1, -0.05) is 44.0 Å². The Bertz CT molecular complexity index is 339. The molecule has 0 aliphatic carbocycles. The van der Waals surface area contributed by atoms with Crippen molar-refractivity contribution in [2.45, 2.75) is 40.0 Å². The van der Waals surface area contributed by atoms with Crippen molar-refractivity contribution >= 4 is 17.9 Å². The fourth-order valence-corrected chi connectivity index (χ4v) is 1.59. The van der Waals surface area contributed by atoms with Crippen LogP contribution in [-0.2, 0) is 11.2 Å². The van der Waals surface area contributed by atoms with Crippen LogP contribution in [0.15, 0.2) is 18.2 Å². The minimum Gasteiger partial charge on any atom is -0.542 e. The van der Waals surface area contributed by atoms with Gasteiger partial charge >= 0.3 is 51.4 Å². The summed E-state index contributed by atoms with van der Waals surface area (Å²) in [4.78, 5) is 10.1. The molecule has 0 bridgehead atoms. The quantitative estimate of drug-likeness (QED) is 0.594. The van der Waals surface area contributed by atoms with Crippen molar-refractivity contribution in [1.82, 2.24) is 0 Å². The Hall–Kier alpha value is 0.816. The molecule has 1 aromatic carbocycles. The van der Waals surface area contributed by atoms with Crippen LogP contribution in [0.1, 0.15) is 37.8 Å². The molecule has 0 spiro atoms. The van der Waals surface area contributed by atoms with E-state index in [0.717, 1.165) is 23.4 Å². The van der Waals surface area contributed by atoms with Crippen LogP contribution >= 0.6 is 11.6 Å². The first kappa shape index (κ1) is 21.1. The monoisotopic (exact) mass is 291 g/mol. The third kappa shape index (κ3) is 8.84. The van der Waals surface area contributed by atoms with Crippen molar-refractivity contribution in [2.75, 3.05) is 0 Å². The molecule has 0 heterocycles. The molecule has 0 saturated carbocycles. The molecule has 0 aliphatic rings. The smallest absolute Gasteiger partial charge is 0.542 e. The molecule has 96 valence electrons. The van der Waals surface area contributed by atoms with Gasteiger partial charge in [0.1, 0.15) is 0 Å². The van der Waals surface area contributed by atoms with E-state index >= 15 is 0 Å². The van der Waals surface area contributed by atoms with Crippen LogP contribution in [0.5, 0.6) is 0 Å². The Labute approximate surface area is 159 Å². The van der Waals surface area contributed by atoms with Crippen LogP contribution in [0.4, 0.5) is 0 Å². The fraction of sp³-hybridized carbons (Fsp3) is 0.467. The standard InChI is InChI=1S/C13H15ClO.C2H6.K/c1-10(7-8-15)3-5-12-6-4-11(2)13(14)9-12;1-2;/h4,6,9-10H,1,3,5,7H2,2H3;1-2H3;/q-2;;+1. The average Bonchev–Trinajstić information content (AvgIpc) is 2.34. The summed E-state index contributed by atoms with van der Waals surface area (Å²) in [5.74, 6) is 0.155. The summed E-state index contributed by atoms with van der Waals surface area (Å²) in [7, 11) is 0. The van der Waals surface area contributed by atoms with Gasteiger partial charge in [-0.3, -0.25) is 6.29 Å². The zero-order valence-corrected chi connectivity index (χ0v) is 15.8. The van der Waals surface area contributed by atoms with E-state index < -0.39 is 0 Å². The first-order valence-electron chi connectivity index (χ1n) is 6.06. The SMILES string of the molecule is CC.[CH2-]C(C[C-]=O)CCc1ccc(C)c(Cl)c1.[K+]. The molecular weight excluding hydrogens is 271 g/mol. The summed E-state index contributed by atoms with van der Waals surface area (Å²) >= 11 is 6.01. The third-order valence-corrected chi connectivity index (χ3v) is 2.86. The summed E-state index contributed by atoms with van der Waals surface area (Å²) in [6, 6.07) is 6.06. The molecule has 1 unspecified atom stereocenters. The van der Waals surface area contributed by atoms with E-state index in [1.807, 2.05) is 39.2 Å². The van der Waals surface area contributed by atoms with Gasteiger partial charge in [-0.2, -0.15) is 12.3 Å². The van der Waals surface area contributed by atoms with Crippen LogP contribution in [0.25, 0.3) is 0 Å². The molecule has 3 heteroatoms. The van der Waals surface area contributed by atoms with Gasteiger partial charge in [0.15, 0.2) is 0 Å². The number of hydrogen-bond donors (Lipinski definition) is 0. The second-order valence-electron chi connectivity index (χ2n) is 3.84. The summed E-state index contributed by atoms with van der Waals surface area (Å²) in [6.45, 7) is 9.87. The van der Waals surface area contributed by atoms with Gasteiger partial charge in [-0.25, -0.2) is 0 Å². The van der Waals surface area contributed by atoms with E-state index in [2.05, 4.69) is 13.0 Å². The van der Waals surface area contributed by atoms with Gasteiger partial charge in [0.05, 0.1) is 0 Å². The summed E-state index contributed by atoms with van der Waals surface area (Å²) in [5, 5.41) is 0.801. The van der Waals surface area contributed by atoms with Gasteiger partial charge in [0.25, 0.3) is 0 Å². The molecule has 18 heavy (non-hydrogen) atoms. The Morgan fingerprint density at radius 3 is 2.50 bits per heavy atom. The van der Waals surface area contributed by atoms with Gasteiger partial charge in [0, 0.05) is 5.02 Å². The van der Waals surface area contributed by atoms with Crippen molar-refractivity contribution in [3.05, 3.63) is 41.3 Å². The van der Waals surface area contributed by atoms with E-state index in [1.54, 1.807) is 0 Å². The summed E-state index contributed by atoms with van der Waals surface area (Å²) in [5.41, 5.74) is 2.29. The Morgan fingerprint density at radius 1 is 1.39 bits per heavy atom. The first-order chi connectivity index (χ1) is 8.13. The molecule has 1 atom stereocenters. The van der Waals surface area contributed by atoms with E-state index in [1.165, 1.54) is 5.56 Å². The van der Waals surface area contributed by atoms with Crippen molar-refractivity contribution in [3.8, 4) is 0 Å². The number of halogens is 1. The number of carbonyl (C=O) groups excluding carboxylic acids is 1. The van der Waals surface area contributed by atoms with Crippen LogP contribution < -0.4 is 51.4 Å². The molecule has 0 aromatic heterocycles. The molecule has 0 amide bonds. The Morgan fingerprint density at radius 2 is 2.00 bits per heavy atom. The second kappa shape index (κ2) is 12.8.